The first-order valence-corrected chi connectivity index (χ1v) is 12.7. The molecule has 0 N–H and O–H groups in total. The van der Waals surface area contributed by atoms with Crippen LogP contribution in [-0.4, -0.2) is 30.3 Å². The summed E-state index contributed by atoms with van der Waals surface area (Å²) in [5, 5.41) is 0. The molecule has 1 aromatic carbocycles. The van der Waals surface area contributed by atoms with Crippen LogP contribution in [0.1, 0.15) is 75.3 Å². The summed E-state index contributed by atoms with van der Waals surface area (Å²) in [4.78, 5) is 14.1. The van der Waals surface area contributed by atoms with Crippen LogP contribution in [0.4, 0.5) is 17.6 Å². The van der Waals surface area contributed by atoms with Crippen molar-refractivity contribution in [3.63, 3.8) is 0 Å². The fourth-order valence-electron chi connectivity index (χ4n) is 5.23. The number of hydrogen-bond acceptors (Lipinski definition) is 2. The Morgan fingerprint density at radius 2 is 1.86 bits per heavy atom. The summed E-state index contributed by atoms with van der Waals surface area (Å²) in [6, 6.07) is 3.52. The van der Waals surface area contributed by atoms with Crippen LogP contribution < -0.4 is 0 Å². The molecule has 3 rings (SSSR count). The molecule has 1 saturated carbocycles. The summed E-state index contributed by atoms with van der Waals surface area (Å²) in [7, 11) is 0. The Kier molecular flexibility index (Phi) is 10.2. The minimum absolute atomic E-state index is 0.0733. The lowest BCUT2D eigenvalue weighted by molar-refractivity contribution is -0.140. The minimum atomic E-state index is -4.68. The third kappa shape index (κ3) is 8.35. The van der Waals surface area contributed by atoms with Crippen molar-refractivity contribution in [2.45, 2.75) is 70.4 Å². The summed E-state index contributed by atoms with van der Waals surface area (Å²) in [6.07, 6.45) is 8.23. The van der Waals surface area contributed by atoms with Gasteiger partial charge in [0.15, 0.2) is 0 Å². The normalized spacial score (nSPS) is 21.1. The monoisotopic (exact) mass is 489 g/mol. The van der Waals surface area contributed by atoms with Gasteiger partial charge in [0, 0.05) is 25.1 Å². The van der Waals surface area contributed by atoms with Crippen LogP contribution in [0, 0.1) is 29.5 Å². The van der Waals surface area contributed by atoms with Gasteiger partial charge in [-0.1, -0.05) is 68.7 Å². The van der Waals surface area contributed by atoms with E-state index in [-0.39, 0.29) is 11.3 Å². The predicted molar refractivity (Wildman–Crippen MR) is 132 cm³/mol. The number of carbonyl (C=O) groups excluding carboxylic acids is 1. The first-order valence-electron chi connectivity index (χ1n) is 12.7. The molecule has 1 aliphatic heterocycles. The zero-order valence-corrected chi connectivity index (χ0v) is 20.3. The van der Waals surface area contributed by atoms with Gasteiger partial charge in [-0.3, -0.25) is 9.69 Å². The maximum Gasteiger partial charge on any atom is 0.419 e. The quantitative estimate of drug-likeness (QED) is 0.265. The first kappa shape index (κ1) is 27.2. The van der Waals surface area contributed by atoms with Crippen molar-refractivity contribution in [1.29, 1.82) is 0 Å². The highest BCUT2D eigenvalue weighted by Crippen LogP contribution is 2.36. The van der Waals surface area contributed by atoms with Gasteiger partial charge in [0.25, 0.3) is 0 Å². The van der Waals surface area contributed by atoms with Crippen molar-refractivity contribution in [2.24, 2.45) is 11.8 Å². The van der Waals surface area contributed by atoms with E-state index in [1.807, 2.05) is 6.08 Å². The van der Waals surface area contributed by atoms with E-state index in [1.54, 1.807) is 0 Å². The van der Waals surface area contributed by atoms with Crippen molar-refractivity contribution in [1.82, 2.24) is 4.90 Å². The van der Waals surface area contributed by atoms with Crippen molar-refractivity contribution in [2.75, 3.05) is 19.6 Å². The third-order valence-electron chi connectivity index (χ3n) is 7.32. The maximum absolute atomic E-state index is 14.5. The number of halogens is 4. The number of carbonyl (C=O) groups is 1. The van der Waals surface area contributed by atoms with Gasteiger partial charge in [0.1, 0.15) is 11.6 Å². The van der Waals surface area contributed by atoms with E-state index in [2.05, 4.69) is 23.3 Å². The lowest BCUT2D eigenvalue weighted by atomic mass is 9.78. The molecular formula is C29H35F4NO. The molecule has 1 aliphatic carbocycles. The molecule has 6 heteroatoms. The Bertz CT molecular complexity index is 961. The van der Waals surface area contributed by atoms with Crippen molar-refractivity contribution >= 4 is 11.4 Å². The highest BCUT2D eigenvalue weighted by molar-refractivity contribution is 5.80. The SMILES string of the molecule is C=CC#CCC(=O)CCCC1CCC(CCN2CC=C(c3cccc(C(F)(F)F)c3F)CC2)CC1. The van der Waals surface area contributed by atoms with Gasteiger partial charge in [-0.2, -0.15) is 13.2 Å². The van der Waals surface area contributed by atoms with Crippen LogP contribution in [0.15, 0.2) is 36.9 Å². The Balaban J connectivity index is 1.36. The van der Waals surface area contributed by atoms with Crippen LogP contribution in [-0.2, 0) is 11.0 Å². The van der Waals surface area contributed by atoms with Crippen LogP contribution in [0.25, 0.3) is 5.57 Å². The van der Waals surface area contributed by atoms with E-state index in [0.29, 0.717) is 43.2 Å². The molecule has 0 unspecified atom stereocenters. The number of ketones is 1. The molecule has 0 bridgehead atoms. The molecule has 190 valence electrons. The van der Waals surface area contributed by atoms with Gasteiger partial charge in [-0.25, -0.2) is 4.39 Å². The Morgan fingerprint density at radius 1 is 1.14 bits per heavy atom. The molecule has 1 fully saturated rings. The number of nitrogens with zero attached hydrogens (tertiary/aromatic N) is 1. The Labute approximate surface area is 206 Å². The first-order chi connectivity index (χ1) is 16.8. The van der Waals surface area contributed by atoms with Gasteiger partial charge < -0.3 is 0 Å². The van der Waals surface area contributed by atoms with E-state index in [0.717, 1.165) is 38.4 Å². The van der Waals surface area contributed by atoms with Gasteiger partial charge in [0.05, 0.1) is 12.0 Å². The second-order valence-corrected chi connectivity index (χ2v) is 9.75. The van der Waals surface area contributed by atoms with Gasteiger partial charge >= 0.3 is 6.18 Å². The molecule has 1 aromatic rings. The average molecular weight is 490 g/mol. The summed E-state index contributed by atoms with van der Waals surface area (Å²) in [5.41, 5.74) is -0.459. The largest absolute Gasteiger partial charge is 0.419 e. The van der Waals surface area contributed by atoms with Crippen LogP contribution >= 0.6 is 0 Å². The molecule has 35 heavy (non-hydrogen) atoms. The fourth-order valence-corrected chi connectivity index (χ4v) is 5.23. The molecule has 0 saturated heterocycles. The molecule has 2 aliphatic rings. The van der Waals surface area contributed by atoms with E-state index >= 15 is 0 Å². The standard InChI is InChI=1S/C29H35F4NO/c1-2-3-4-8-25(35)9-5-7-22-12-14-23(15-13-22)16-19-34-20-17-24(18-21-34)26-10-6-11-27(28(26)30)29(31,32)33/h2,6,10-11,17,22-23H,1,5,7-9,12-16,18-21H2. The van der Waals surface area contributed by atoms with Gasteiger partial charge in [-0.15, -0.1) is 0 Å². The second kappa shape index (κ2) is 13.1. The second-order valence-electron chi connectivity index (χ2n) is 9.75. The number of Topliss-reactive ketones (excluding diaryl/α,β-unsaturated/α-hetero) is 1. The summed E-state index contributed by atoms with van der Waals surface area (Å²) >= 11 is 0. The fraction of sp³-hybridized carbons (Fsp3) is 0.552. The summed E-state index contributed by atoms with van der Waals surface area (Å²) < 4.78 is 53.5. The van der Waals surface area contributed by atoms with E-state index < -0.39 is 17.6 Å². The van der Waals surface area contributed by atoms with Gasteiger partial charge in [0.2, 0.25) is 0 Å². The smallest absolute Gasteiger partial charge is 0.299 e. The zero-order chi connectivity index (χ0) is 25.3. The molecular weight excluding hydrogens is 454 g/mol. The van der Waals surface area contributed by atoms with Crippen molar-refractivity contribution in [3.8, 4) is 11.8 Å². The van der Waals surface area contributed by atoms with Crippen LogP contribution in [0.5, 0.6) is 0 Å². The minimum Gasteiger partial charge on any atom is -0.299 e. The van der Waals surface area contributed by atoms with Gasteiger partial charge in [-0.05, 0) is 55.4 Å². The molecule has 2 nitrogen and oxygen atoms in total. The summed E-state index contributed by atoms with van der Waals surface area (Å²) in [5.74, 6) is 5.98. The Hall–Kier alpha value is -2.39. The third-order valence-corrected chi connectivity index (χ3v) is 7.32. The number of alkyl halides is 3. The number of hydrogen-bond donors (Lipinski definition) is 0. The van der Waals surface area contributed by atoms with Crippen molar-refractivity contribution in [3.05, 3.63) is 53.9 Å². The van der Waals surface area contributed by atoms with Crippen molar-refractivity contribution < 1.29 is 22.4 Å². The van der Waals surface area contributed by atoms with E-state index in [9.17, 15) is 22.4 Å². The van der Waals surface area contributed by atoms with E-state index in [4.69, 9.17) is 0 Å². The highest BCUT2D eigenvalue weighted by atomic mass is 19.4. The Morgan fingerprint density at radius 3 is 2.49 bits per heavy atom. The van der Waals surface area contributed by atoms with Crippen LogP contribution in [0.3, 0.4) is 0 Å². The topological polar surface area (TPSA) is 20.3 Å². The predicted octanol–water partition coefficient (Wildman–Crippen LogP) is 7.45. The molecule has 1 heterocycles. The maximum atomic E-state index is 14.5. The molecule has 0 atom stereocenters. The lowest BCUT2D eigenvalue weighted by Crippen LogP contribution is -2.31. The van der Waals surface area contributed by atoms with Crippen LogP contribution in [0.2, 0.25) is 0 Å². The lowest BCUT2D eigenvalue weighted by Gasteiger charge is -2.32. The highest BCUT2D eigenvalue weighted by Gasteiger charge is 2.35. The molecule has 0 aromatic heterocycles. The molecule has 0 amide bonds. The average Bonchev–Trinajstić information content (AvgIpc) is 2.83. The zero-order valence-electron chi connectivity index (χ0n) is 20.3. The number of rotatable bonds is 9. The molecule has 0 spiro atoms. The summed E-state index contributed by atoms with van der Waals surface area (Å²) in [6.45, 7) is 5.86. The van der Waals surface area contributed by atoms with E-state index in [1.165, 1.54) is 43.9 Å². The number of benzene rings is 1. The molecule has 0 radical (unpaired) electrons. The number of allylic oxidation sites excluding steroid dienone is 1.